The van der Waals surface area contributed by atoms with E-state index >= 15 is 0 Å². The lowest BCUT2D eigenvalue weighted by Crippen LogP contribution is -2.55. The van der Waals surface area contributed by atoms with Gasteiger partial charge in [-0.1, -0.05) is 30.3 Å². The number of methoxy groups -OCH3 is 1. The monoisotopic (exact) mass is 275 g/mol. The first-order valence-corrected chi connectivity index (χ1v) is 7.66. The molecule has 3 heteroatoms. The molecule has 1 aromatic rings. The molecule has 3 atom stereocenters. The molecule has 0 aromatic heterocycles. The third-order valence-corrected chi connectivity index (χ3v) is 5.12. The van der Waals surface area contributed by atoms with Crippen LogP contribution in [0.15, 0.2) is 30.3 Å². The zero-order valence-electron chi connectivity index (χ0n) is 12.5. The maximum absolute atomic E-state index is 5.97. The molecule has 1 saturated heterocycles. The van der Waals surface area contributed by atoms with E-state index in [0.29, 0.717) is 17.9 Å². The van der Waals surface area contributed by atoms with Crippen molar-refractivity contribution in [2.75, 3.05) is 27.4 Å². The molecule has 2 fully saturated rings. The summed E-state index contributed by atoms with van der Waals surface area (Å²) in [5.41, 5.74) is 1.41. The van der Waals surface area contributed by atoms with Crippen molar-refractivity contribution in [2.24, 2.45) is 5.92 Å². The maximum atomic E-state index is 5.97. The van der Waals surface area contributed by atoms with Crippen LogP contribution in [-0.4, -0.2) is 39.0 Å². The van der Waals surface area contributed by atoms with E-state index in [2.05, 4.69) is 42.7 Å². The van der Waals surface area contributed by atoms with Crippen molar-refractivity contribution in [2.45, 2.75) is 36.8 Å². The van der Waals surface area contributed by atoms with Crippen molar-refractivity contribution < 1.29 is 9.47 Å². The fourth-order valence-electron chi connectivity index (χ4n) is 3.89. The third-order valence-electron chi connectivity index (χ3n) is 5.12. The first-order chi connectivity index (χ1) is 9.80. The van der Waals surface area contributed by atoms with Gasteiger partial charge in [-0.05, 0) is 30.9 Å². The van der Waals surface area contributed by atoms with Crippen LogP contribution in [-0.2, 0) is 9.47 Å². The van der Waals surface area contributed by atoms with Crippen molar-refractivity contribution in [3.8, 4) is 0 Å². The summed E-state index contributed by atoms with van der Waals surface area (Å²) >= 11 is 0. The zero-order valence-corrected chi connectivity index (χ0v) is 12.5. The number of hydrogen-bond acceptors (Lipinski definition) is 3. The SMILES string of the molecule is CNC(C1CC1c1ccccc1)C1(OC)CCOCC1. The van der Waals surface area contributed by atoms with Crippen molar-refractivity contribution in [3.05, 3.63) is 35.9 Å². The third kappa shape index (κ3) is 2.50. The van der Waals surface area contributed by atoms with Crippen LogP contribution < -0.4 is 5.32 Å². The van der Waals surface area contributed by atoms with E-state index in [1.165, 1.54) is 12.0 Å². The first-order valence-electron chi connectivity index (χ1n) is 7.66. The summed E-state index contributed by atoms with van der Waals surface area (Å²) in [6.45, 7) is 1.63. The molecule has 1 aromatic carbocycles. The predicted molar refractivity (Wildman–Crippen MR) is 79.9 cm³/mol. The zero-order chi connectivity index (χ0) is 14.0. The largest absolute Gasteiger partial charge is 0.381 e. The van der Waals surface area contributed by atoms with Crippen LogP contribution in [0, 0.1) is 5.92 Å². The Hall–Kier alpha value is -0.900. The fraction of sp³-hybridized carbons (Fsp3) is 0.647. The normalized spacial score (nSPS) is 29.9. The van der Waals surface area contributed by atoms with Crippen LogP contribution >= 0.6 is 0 Å². The molecule has 3 unspecified atom stereocenters. The van der Waals surface area contributed by atoms with E-state index in [-0.39, 0.29) is 5.60 Å². The average molecular weight is 275 g/mol. The van der Waals surface area contributed by atoms with Crippen LogP contribution in [0.1, 0.15) is 30.7 Å². The molecule has 0 radical (unpaired) electrons. The van der Waals surface area contributed by atoms with Gasteiger partial charge >= 0.3 is 0 Å². The minimum atomic E-state index is -0.0544. The van der Waals surface area contributed by atoms with Gasteiger partial charge in [-0.2, -0.15) is 0 Å². The van der Waals surface area contributed by atoms with Gasteiger partial charge < -0.3 is 14.8 Å². The summed E-state index contributed by atoms with van der Waals surface area (Å²) in [4.78, 5) is 0. The maximum Gasteiger partial charge on any atom is 0.0877 e. The Balaban J connectivity index is 1.74. The second kappa shape index (κ2) is 5.84. The minimum Gasteiger partial charge on any atom is -0.381 e. The van der Waals surface area contributed by atoms with Crippen LogP contribution in [0.3, 0.4) is 0 Å². The standard InChI is InChI=1S/C17H25NO2/c1-18-16(17(19-2)8-10-20-11-9-17)15-12-14(15)13-6-4-3-5-7-13/h3-7,14-16,18H,8-12H2,1-2H3. The highest BCUT2D eigenvalue weighted by molar-refractivity contribution is 5.27. The number of nitrogens with one attached hydrogen (secondary N) is 1. The van der Waals surface area contributed by atoms with Gasteiger partial charge in [-0.25, -0.2) is 0 Å². The summed E-state index contributed by atoms with van der Waals surface area (Å²) in [5.74, 6) is 1.36. The fourth-order valence-corrected chi connectivity index (χ4v) is 3.89. The Morgan fingerprint density at radius 2 is 1.95 bits per heavy atom. The molecule has 2 aliphatic rings. The summed E-state index contributed by atoms with van der Waals surface area (Å²) < 4.78 is 11.5. The molecule has 1 N–H and O–H groups in total. The van der Waals surface area contributed by atoms with Gasteiger partial charge in [-0.3, -0.25) is 0 Å². The Bertz CT molecular complexity index is 428. The molecular formula is C17H25NO2. The van der Waals surface area contributed by atoms with Crippen molar-refractivity contribution in [1.82, 2.24) is 5.32 Å². The minimum absolute atomic E-state index is 0.0544. The molecule has 0 spiro atoms. The quantitative estimate of drug-likeness (QED) is 0.896. The lowest BCUT2D eigenvalue weighted by Gasteiger charge is -2.42. The van der Waals surface area contributed by atoms with Gasteiger partial charge in [0.1, 0.15) is 0 Å². The highest BCUT2D eigenvalue weighted by Gasteiger charge is 2.52. The van der Waals surface area contributed by atoms with Gasteiger partial charge in [0, 0.05) is 39.2 Å². The number of likely N-dealkylation sites (N-methyl/N-ethyl adjacent to an activating group) is 1. The summed E-state index contributed by atoms with van der Waals surface area (Å²) in [7, 11) is 3.93. The Morgan fingerprint density at radius 3 is 2.55 bits per heavy atom. The van der Waals surface area contributed by atoms with Gasteiger partial charge in [0.15, 0.2) is 0 Å². The highest BCUT2D eigenvalue weighted by atomic mass is 16.5. The summed E-state index contributed by atoms with van der Waals surface area (Å²) in [6, 6.07) is 11.3. The predicted octanol–water partition coefficient (Wildman–Crippen LogP) is 2.57. The molecule has 1 saturated carbocycles. The lowest BCUT2D eigenvalue weighted by molar-refractivity contribution is -0.113. The molecule has 1 aliphatic carbocycles. The van der Waals surface area contributed by atoms with Gasteiger partial charge in [0.25, 0.3) is 0 Å². The Kier molecular flexibility index (Phi) is 4.11. The molecule has 1 heterocycles. The topological polar surface area (TPSA) is 30.5 Å². The van der Waals surface area contributed by atoms with Crippen molar-refractivity contribution in [1.29, 1.82) is 0 Å². The van der Waals surface area contributed by atoms with Crippen LogP contribution in [0.2, 0.25) is 0 Å². The van der Waals surface area contributed by atoms with Crippen LogP contribution in [0.25, 0.3) is 0 Å². The summed E-state index contributed by atoms with van der Waals surface area (Å²) in [5, 5.41) is 3.54. The highest BCUT2D eigenvalue weighted by Crippen LogP contribution is 2.53. The first kappa shape index (κ1) is 14.1. The second-order valence-corrected chi connectivity index (χ2v) is 6.06. The molecule has 3 nitrogen and oxygen atoms in total. The average Bonchev–Trinajstić information content (AvgIpc) is 3.30. The summed E-state index contributed by atoms with van der Waals surface area (Å²) in [6.07, 6.45) is 3.25. The number of benzene rings is 1. The van der Waals surface area contributed by atoms with E-state index in [1.54, 1.807) is 0 Å². The van der Waals surface area contributed by atoms with Crippen molar-refractivity contribution in [3.63, 3.8) is 0 Å². The van der Waals surface area contributed by atoms with Crippen LogP contribution in [0.5, 0.6) is 0 Å². The second-order valence-electron chi connectivity index (χ2n) is 6.06. The van der Waals surface area contributed by atoms with E-state index in [4.69, 9.17) is 9.47 Å². The molecule has 20 heavy (non-hydrogen) atoms. The lowest BCUT2D eigenvalue weighted by atomic mass is 9.82. The molecule has 3 rings (SSSR count). The van der Waals surface area contributed by atoms with E-state index < -0.39 is 0 Å². The van der Waals surface area contributed by atoms with Gasteiger partial charge in [-0.15, -0.1) is 0 Å². The molecular weight excluding hydrogens is 250 g/mol. The van der Waals surface area contributed by atoms with Crippen molar-refractivity contribution >= 4 is 0 Å². The van der Waals surface area contributed by atoms with E-state index in [9.17, 15) is 0 Å². The molecule has 0 bridgehead atoms. The smallest absolute Gasteiger partial charge is 0.0877 e. The van der Waals surface area contributed by atoms with E-state index in [0.717, 1.165) is 26.1 Å². The van der Waals surface area contributed by atoms with Crippen LogP contribution in [0.4, 0.5) is 0 Å². The molecule has 0 amide bonds. The number of rotatable bonds is 5. The Labute approximate surface area is 121 Å². The molecule has 110 valence electrons. The van der Waals surface area contributed by atoms with E-state index in [1.807, 2.05) is 7.11 Å². The van der Waals surface area contributed by atoms with Gasteiger partial charge in [0.05, 0.1) is 5.60 Å². The number of hydrogen-bond donors (Lipinski definition) is 1. The molecule has 1 aliphatic heterocycles. The number of ether oxygens (including phenoxy) is 2. The van der Waals surface area contributed by atoms with Gasteiger partial charge in [0.2, 0.25) is 0 Å². The Morgan fingerprint density at radius 1 is 1.25 bits per heavy atom.